The van der Waals surface area contributed by atoms with Gasteiger partial charge in [-0.3, -0.25) is 4.79 Å². The molecule has 0 bridgehead atoms. The third-order valence-corrected chi connectivity index (χ3v) is 5.20. The first-order chi connectivity index (χ1) is 11.5. The van der Waals surface area contributed by atoms with Crippen LogP contribution < -0.4 is 5.56 Å². The van der Waals surface area contributed by atoms with E-state index in [1.165, 1.54) is 28.7 Å². The number of rotatable bonds is 2. The van der Waals surface area contributed by atoms with E-state index in [4.69, 9.17) is 0 Å². The molecule has 0 radical (unpaired) electrons. The van der Waals surface area contributed by atoms with E-state index in [1.807, 2.05) is 17.0 Å². The molecule has 124 valence electrons. The van der Waals surface area contributed by atoms with Crippen LogP contribution in [0.25, 0.3) is 5.52 Å². The van der Waals surface area contributed by atoms with Gasteiger partial charge >= 0.3 is 0 Å². The van der Waals surface area contributed by atoms with Crippen molar-refractivity contribution in [2.24, 2.45) is 0 Å². The molecule has 0 fully saturated rings. The van der Waals surface area contributed by atoms with Crippen LogP contribution in [0.4, 0.5) is 0 Å². The van der Waals surface area contributed by atoms with Crippen molar-refractivity contribution in [3.63, 3.8) is 0 Å². The van der Waals surface area contributed by atoms with Gasteiger partial charge in [0.25, 0.3) is 5.56 Å². The third kappa shape index (κ3) is 2.37. The van der Waals surface area contributed by atoms with Gasteiger partial charge in [-0.1, -0.05) is 17.7 Å². The molecule has 1 aliphatic rings. The highest BCUT2D eigenvalue weighted by Crippen LogP contribution is 2.23. The van der Waals surface area contributed by atoms with Crippen LogP contribution >= 0.6 is 0 Å². The number of aromatic nitrogens is 3. The van der Waals surface area contributed by atoms with Crippen molar-refractivity contribution in [2.75, 3.05) is 0 Å². The molecule has 0 aliphatic heterocycles. The minimum absolute atomic E-state index is 0.0764. The Kier molecular flexibility index (Phi) is 3.56. The Balaban J connectivity index is 1.84. The van der Waals surface area contributed by atoms with Gasteiger partial charge in [0.05, 0.1) is 12.2 Å². The summed E-state index contributed by atoms with van der Waals surface area (Å²) in [6.07, 6.45) is 8.08. The topological polar surface area (TPSA) is 39.3 Å². The molecule has 0 amide bonds. The average molecular weight is 321 g/mol. The van der Waals surface area contributed by atoms with E-state index in [9.17, 15) is 4.79 Å². The quantitative estimate of drug-likeness (QED) is 0.726. The first-order valence-electron chi connectivity index (χ1n) is 8.71. The second-order valence-corrected chi connectivity index (χ2v) is 7.03. The molecule has 0 unspecified atom stereocenters. The zero-order valence-corrected chi connectivity index (χ0v) is 14.6. The fraction of sp³-hybridized carbons (Fsp3) is 0.400. The minimum Gasteiger partial charge on any atom is -0.308 e. The van der Waals surface area contributed by atoms with Gasteiger partial charge in [0.1, 0.15) is 5.52 Å². The van der Waals surface area contributed by atoms with Crippen LogP contribution in [-0.4, -0.2) is 14.2 Å². The lowest BCUT2D eigenvalue weighted by atomic mass is 9.97. The van der Waals surface area contributed by atoms with Gasteiger partial charge in [0.15, 0.2) is 0 Å². The molecule has 1 aliphatic carbocycles. The van der Waals surface area contributed by atoms with Gasteiger partial charge in [0, 0.05) is 18.0 Å². The molecule has 24 heavy (non-hydrogen) atoms. The van der Waals surface area contributed by atoms with Crippen molar-refractivity contribution in [3.8, 4) is 0 Å². The summed E-state index contributed by atoms with van der Waals surface area (Å²) in [5.41, 5.74) is 8.12. The summed E-state index contributed by atoms with van der Waals surface area (Å²) < 4.78 is 3.61. The average Bonchev–Trinajstić information content (AvgIpc) is 2.92. The summed E-state index contributed by atoms with van der Waals surface area (Å²) >= 11 is 0. The maximum atomic E-state index is 13.1. The molecular formula is C20H23N3O. The number of fused-ring (bicyclic) bond motifs is 3. The van der Waals surface area contributed by atoms with Crippen molar-refractivity contribution in [1.82, 2.24) is 14.2 Å². The smallest absolute Gasteiger partial charge is 0.277 e. The molecule has 2 aromatic heterocycles. The fourth-order valence-corrected chi connectivity index (χ4v) is 4.01. The Labute approximate surface area is 141 Å². The number of aryl methyl sites for hydroxylation is 5. The fourth-order valence-electron chi connectivity index (χ4n) is 4.01. The molecule has 4 rings (SSSR count). The second kappa shape index (κ2) is 5.62. The number of hydrogen-bond acceptors (Lipinski definition) is 2. The molecule has 0 N–H and O–H groups in total. The monoisotopic (exact) mass is 321 g/mol. The highest BCUT2D eigenvalue weighted by Gasteiger charge is 2.19. The van der Waals surface area contributed by atoms with E-state index in [-0.39, 0.29) is 5.56 Å². The van der Waals surface area contributed by atoms with Crippen LogP contribution in [0.1, 0.15) is 46.4 Å². The van der Waals surface area contributed by atoms with E-state index >= 15 is 0 Å². The highest BCUT2D eigenvalue weighted by atomic mass is 16.1. The normalized spacial score (nSPS) is 14.1. The van der Waals surface area contributed by atoms with Crippen LogP contribution in [0.2, 0.25) is 0 Å². The lowest BCUT2D eigenvalue weighted by Crippen LogP contribution is -2.23. The Morgan fingerprint density at radius 1 is 1.04 bits per heavy atom. The van der Waals surface area contributed by atoms with Crippen molar-refractivity contribution >= 4 is 5.52 Å². The number of nitrogens with zero attached hydrogens (tertiary/aromatic N) is 3. The molecular weight excluding hydrogens is 298 g/mol. The maximum absolute atomic E-state index is 13.1. The van der Waals surface area contributed by atoms with E-state index in [0.717, 1.165) is 36.0 Å². The highest BCUT2D eigenvalue weighted by molar-refractivity contribution is 5.56. The lowest BCUT2D eigenvalue weighted by molar-refractivity contribution is 0.673. The Morgan fingerprint density at radius 3 is 2.50 bits per heavy atom. The summed E-state index contributed by atoms with van der Waals surface area (Å²) in [5, 5.41) is 4.61. The predicted molar refractivity (Wildman–Crippen MR) is 95.8 cm³/mol. The summed E-state index contributed by atoms with van der Waals surface area (Å²) in [7, 11) is 0. The van der Waals surface area contributed by atoms with E-state index < -0.39 is 0 Å². The zero-order valence-electron chi connectivity index (χ0n) is 14.6. The molecule has 3 aromatic rings. The van der Waals surface area contributed by atoms with Gasteiger partial charge in [0.2, 0.25) is 0 Å². The molecule has 0 spiro atoms. The predicted octanol–water partition coefficient (Wildman–Crippen LogP) is 3.35. The minimum atomic E-state index is 0.0764. The molecule has 0 atom stereocenters. The van der Waals surface area contributed by atoms with E-state index in [1.54, 1.807) is 4.52 Å². The second-order valence-electron chi connectivity index (χ2n) is 7.03. The number of hydrogen-bond donors (Lipinski definition) is 0. The number of benzene rings is 1. The summed E-state index contributed by atoms with van der Waals surface area (Å²) in [4.78, 5) is 13.1. The van der Waals surface area contributed by atoms with Gasteiger partial charge in [-0.2, -0.15) is 5.10 Å². The van der Waals surface area contributed by atoms with E-state index in [2.05, 4.69) is 38.0 Å². The molecule has 4 heteroatoms. The van der Waals surface area contributed by atoms with E-state index in [0.29, 0.717) is 6.54 Å². The van der Waals surface area contributed by atoms with Crippen LogP contribution in [0.15, 0.2) is 29.3 Å². The largest absolute Gasteiger partial charge is 0.308 e. The van der Waals surface area contributed by atoms with Crippen LogP contribution in [0.3, 0.4) is 0 Å². The summed E-state index contributed by atoms with van der Waals surface area (Å²) in [6.45, 7) is 6.98. The lowest BCUT2D eigenvalue weighted by Gasteiger charge is -2.14. The summed E-state index contributed by atoms with van der Waals surface area (Å²) in [6, 6.07) is 4.37. The molecule has 0 saturated carbocycles. The van der Waals surface area contributed by atoms with Crippen molar-refractivity contribution in [3.05, 3.63) is 68.4 Å². The molecule has 0 saturated heterocycles. The van der Waals surface area contributed by atoms with Crippen molar-refractivity contribution in [2.45, 2.75) is 53.0 Å². The van der Waals surface area contributed by atoms with Gasteiger partial charge in [-0.15, -0.1) is 0 Å². The van der Waals surface area contributed by atoms with Crippen molar-refractivity contribution < 1.29 is 0 Å². The van der Waals surface area contributed by atoms with Crippen LogP contribution in [0.5, 0.6) is 0 Å². The SMILES string of the molecule is Cc1cc(C)c(Cn2ccn3nc4c(c3c2=O)CCCC4)c(C)c1. The third-order valence-electron chi connectivity index (χ3n) is 5.20. The zero-order chi connectivity index (χ0) is 16.8. The first kappa shape index (κ1) is 15.2. The summed E-state index contributed by atoms with van der Waals surface area (Å²) in [5.74, 6) is 0. The molecule has 2 heterocycles. The molecule has 4 nitrogen and oxygen atoms in total. The first-order valence-corrected chi connectivity index (χ1v) is 8.71. The Bertz CT molecular complexity index is 971. The van der Waals surface area contributed by atoms with Crippen molar-refractivity contribution in [1.29, 1.82) is 0 Å². The standard InChI is InChI=1S/C20H23N3O/c1-13-10-14(2)17(15(3)11-13)12-22-8-9-23-19(20(22)24)16-6-4-5-7-18(16)21-23/h8-11H,4-7,12H2,1-3H3. The Hall–Kier alpha value is -2.36. The van der Waals surface area contributed by atoms with Gasteiger partial charge in [-0.25, -0.2) is 4.52 Å². The Morgan fingerprint density at radius 2 is 1.75 bits per heavy atom. The van der Waals surface area contributed by atoms with Crippen LogP contribution in [0, 0.1) is 20.8 Å². The van der Waals surface area contributed by atoms with Gasteiger partial charge < -0.3 is 4.57 Å². The maximum Gasteiger partial charge on any atom is 0.277 e. The van der Waals surface area contributed by atoms with Gasteiger partial charge in [-0.05, 0) is 63.1 Å². The molecule has 1 aromatic carbocycles. The van der Waals surface area contributed by atoms with Crippen LogP contribution in [-0.2, 0) is 19.4 Å².